The minimum absolute atomic E-state index is 0.00953. The molecule has 2 heterocycles. The van der Waals surface area contributed by atoms with Gasteiger partial charge in [-0.2, -0.15) is 0 Å². The van der Waals surface area contributed by atoms with Gasteiger partial charge in [-0.1, -0.05) is 0 Å². The number of hydrogen-bond donors (Lipinski definition) is 4. The first kappa shape index (κ1) is 15.5. The SMILES string of the molecule is N=C(N)c1csc(CNC(=O)[C@@H]2C[C@@H](OCC3CC3)CN2)c1. The summed E-state index contributed by atoms with van der Waals surface area (Å²) in [5.41, 5.74) is 6.14. The van der Waals surface area contributed by atoms with Crippen LogP contribution in [0.2, 0.25) is 0 Å². The van der Waals surface area contributed by atoms with Gasteiger partial charge in [0.05, 0.1) is 18.7 Å². The van der Waals surface area contributed by atoms with Crippen LogP contribution in [-0.4, -0.2) is 37.0 Å². The summed E-state index contributed by atoms with van der Waals surface area (Å²) >= 11 is 1.50. The van der Waals surface area contributed by atoms with Crippen molar-refractivity contribution in [1.82, 2.24) is 10.6 Å². The summed E-state index contributed by atoms with van der Waals surface area (Å²) in [6, 6.07) is 1.67. The summed E-state index contributed by atoms with van der Waals surface area (Å²) in [4.78, 5) is 13.2. The number of ether oxygens (including phenoxy) is 1. The molecule has 0 unspecified atom stereocenters. The van der Waals surface area contributed by atoms with Crippen molar-refractivity contribution >= 4 is 23.1 Å². The van der Waals surface area contributed by atoms with E-state index in [1.165, 1.54) is 24.2 Å². The van der Waals surface area contributed by atoms with Gasteiger partial charge in [-0.25, -0.2) is 0 Å². The maximum Gasteiger partial charge on any atom is 0.237 e. The Morgan fingerprint density at radius 2 is 2.36 bits per heavy atom. The van der Waals surface area contributed by atoms with Gasteiger partial charge in [0.15, 0.2) is 0 Å². The summed E-state index contributed by atoms with van der Waals surface area (Å²) in [7, 11) is 0. The lowest BCUT2D eigenvalue weighted by molar-refractivity contribution is -0.123. The lowest BCUT2D eigenvalue weighted by Gasteiger charge is -2.11. The van der Waals surface area contributed by atoms with Crippen LogP contribution in [0.15, 0.2) is 11.4 Å². The molecule has 0 radical (unpaired) electrons. The highest BCUT2D eigenvalue weighted by Gasteiger charge is 2.31. The van der Waals surface area contributed by atoms with Crippen LogP contribution in [-0.2, 0) is 16.1 Å². The molecule has 2 aliphatic rings. The molecule has 120 valence electrons. The third-order valence-corrected chi connectivity index (χ3v) is 5.01. The van der Waals surface area contributed by atoms with Crippen molar-refractivity contribution in [2.75, 3.05) is 13.2 Å². The predicted molar refractivity (Wildman–Crippen MR) is 86.1 cm³/mol. The number of amides is 1. The van der Waals surface area contributed by atoms with Crippen molar-refractivity contribution in [2.24, 2.45) is 11.7 Å². The molecule has 1 aliphatic carbocycles. The standard InChI is InChI=1S/C15H22N4O2S/c16-14(17)10-3-12(22-8-10)6-19-15(20)13-4-11(5-18-13)21-7-9-1-2-9/h3,8-9,11,13,18H,1-2,4-7H2,(H3,16,17)(H,19,20)/t11-,13+/m1/s1. The molecule has 2 fully saturated rings. The highest BCUT2D eigenvalue weighted by atomic mass is 32.1. The minimum atomic E-state index is -0.170. The van der Waals surface area contributed by atoms with Gasteiger partial charge in [0.1, 0.15) is 5.84 Å². The molecule has 7 heteroatoms. The molecule has 1 saturated carbocycles. The second kappa shape index (κ2) is 6.76. The van der Waals surface area contributed by atoms with Crippen molar-refractivity contribution in [2.45, 2.75) is 38.0 Å². The van der Waals surface area contributed by atoms with Crippen molar-refractivity contribution in [3.63, 3.8) is 0 Å². The van der Waals surface area contributed by atoms with Crippen LogP contribution in [0.5, 0.6) is 0 Å². The van der Waals surface area contributed by atoms with E-state index in [1.54, 1.807) is 0 Å². The Labute approximate surface area is 133 Å². The fourth-order valence-corrected chi connectivity index (χ4v) is 3.32. The maximum absolute atomic E-state index is 12.2. The van der Waals surface area contributed by atoms with Gasteiger partial charge in [0.25, 0.3) is 0 Å². The second-order valence-electron chi connectivity index (χ2n) is 6.03. The minimum Gasteiger partial charge on any atom is -0.384 e. The molecule has 5 N–H and O–H groups in total. The number of nitrogen functional groups attached to an aromatic ring is 1. The van der Waals surface area contributed by atoms with Gasteiger partial charge in [0, 0.05) is 29.0 Å². The zero-order valence-corrected chi connectivity index (χ0v) is 13.2. The van der Waals surface area contributed by atoms with Crippen LogP contribution in [0, 0.1) is 11.3 Å². The Hall–Kier alpha value is -1.44. The summed E-state index contributed by atoms with van der Waals surface area (Å²) in [6.07, 6.45) is 3.46. The normalized spacial score (nSPS) is 24.4. The summed E-state index contributed by atoms with van der Waals surface area (Å²) in [6.45, 7) is 2.06. The second-order valence-corrected chi connectivity index (χ2v) is 7.02. The van der Waals surface area contributed by atoms with Gasteiger partial charge < -0.3 is 21.1 Å². The zero-order chi connectivity index (χ0) is 15.5. The molecule has 3 rings (SSSR count). The zero-order valence-electron chi connectivity index (χ0n) is 12.4. The molecule has 22 heavy (non-hydrogen) atoms. The fraction of sp³-hybridized carbons (Fsp3) is 0.600. The van der Waals surface area contributed by atoms with Gasteiger partial charge in [-0.3, -0.25) is 10.2 Å². The van der Waals surface area contributed by atoms with Gasteiger partial charge in [-0.05, 0) is 31.2 Å². The molecule has 0 spiro atoms. The van der Waals surface area contributed by atoms with Crippen molar-refractivity contribution in [1.29, 1.82) is 5.41 Å². The topological polar surface area (TPSA) is 100 Å². The molecule has 6 nitrogen and oxygen atoms in total. The lowest BCUT2D eigenvalue weighted by Crippen LogP contribution is -2.39. The molecule has 1 saturated heterocycles. The van der Waals surface area contributed by atoms with E-state index in [-0.39, 0.29) is 23.9 Å². The molecule has 1 aromatic heterocycles. The Kier molecular flexibility index (Phi) is 4.75. The smallest absolute Gasteiger partial charge is 0.237 e. The highest BCUT2D eigenvalue weighted by Crippen LogP contribution is 2.29. The highest BCUT2D eigenvalue weighted by molar-refractivity contribution is 7.10. The van der Waals surface area contributed by atoms with Crippen molar-refractivity contribution in [3.05, 3.63) is 21.9 Å². The number of carbonyl (C=O) groups is 1. The van der Waals surface area contributed by atoms with Crippen molar-refractivity contribution in [3.8, 4) is 0 Å². The molecule has 2 atom stereocenters. The Morgan fingerprint density at radius 3 is 3.05 bits per heavy atom. The van der Waals surface area contributed by atoms with E-state index in [2.05, 4.69) is 10.6 Å². The number of thiophene rings is 1. The number of carbonyl (C=O) groups excluding carboxylic acids is 1. The Bertz CT molecular complexity index is 555. The van der Waals surface area contributed by atoms with Crippen molar-refractivity contribution < 1.29 is 9.53 Å². The third-order valence-electron chi connectivity index (χ3n) is 4.07. The molecular weight excluding hydrogens is 300 g/mol. The van der Waals surface area contributed by atoms with E-state index >= 15 is 0 Å². The Balaban J connectivity index is 1.40. The maximum atomic E-state index is 12.2. The summed E-state index contributed by atoms with van der Waals surface area (Å²) < 4.78 is 5.82. The number of amidine groups is 1. The average Bonchev–Trinajstić information content (AvgIpc) is 3.02. The molecule has 0 aromatic carbocycles. The van der Waals surface area contributed by atoms with E-state index in [4.69, 9.17) is 15.9 Å². The average molecular weight is 322 g/mol. The molecule has 0 bridgehead atoms. The van der Waals surface area contributed by atoms with E-state index < -0.39 is 0 Å². The van der Waals surface area contributed by atoms with Gasteiger partial charge in [-0.15, -0.1) is 11.3 Å². The largest absolute Gasteiger partial charge is 0.384 e. The first-order valence-electron chi connectivity index (χ1n) is 7.66. The van der Waals surface area contributed by atoms with Gasteiger partial charge in [0.2, 0.25) is 5.91 Å². The fourth-order valence-electron chi connectivity index (χ4n) is 2.50. The number of nitrogens with one attached hydrogen (secondary N) is 3. The third kappa shape index (κ3) is 4.06. The van der Waals surface area contributed by atoms with E-state index in [9.17, 15) is 4.79 Å². The van der Waals surface area contributed by atoms with E-state index in [0.29, 0.717) is 12.1 Å². The molecular formula is C15H22N4O2S. The quantitative estimate of drug-likeness (QED) is 0.441. The van der Waals surface area contributed by atoms with E-state index in [0.717, 1.165) is 30.4 Å². The van der Waals surface area contributed by atoms with Crippen LogP contribution in [0.4, 0.5) is 0 Å². The monoisotopic (exact) mass is 322 g/mol. The Morgan fingerprint density at radius 1 is 1.55 bits per heavy atom. The predicted octanol–water partition coefficient (Wildman–Crippen LogP) is 0.805. The van der Waals surface area contributed by atoms with Crippen LogP contribution < -0.4 is 16.4 Å². The molecule has 1 aliphatic heterocycles. The summed E-state index contributed by atoms with van der Waals surface area (Å²) in [5, 5.41) is 15.4. The van der Waals surface area contributed by atoms with Crippen LogP contribution in [0.25, 0.3) is 0 Å². The van der Waals surface area contributed by atoms with Crippen LogP contribution in [0.1, 0.15) is 29.7 Å². The molecule has 1 amide bonds. The van der Waals surface area contributed by atoms with Gasteiger partial charge >= 0.3 is 0 Å². The van der Waals surface area contributed by atoms with Crippen LogP contribution in [0.3, 0.4) is 0 Å². The lowest BCUT2D eigenvalue weighted by atomic mass is 10.2. The first-order valence-corrected chi connectivity index (χ1v) is 8.54. The number of rotatable bonds is 7. The summed E-state index contributed by atoms with van der Waals surface area (Å²) in [5.74, 6) is 0.819. The molecule has 1 aromatic rings. The number of hydrogen-bond acceptors (Lipinski definition) is 5. The first-order chi connectivity index (χ1) is 10.6. The number of nitrogens with two attached hydrogens (primary N) is 1. The van der Waals surface area contributed by atoms with Crippen LogP contribution >= 0.6 is 11.3 Å². The van der Waals surface area contributed by atoms with E-state index in [1.807, 2.05) is 11.4 Å².